The Hall–Kier alpha value is -2.00. The molecule has 3 heteroatoms. The summed E-state index contributed by atoms with van der Waals surface area (Å²) < 4.78 is 11.5. The molecular weight excluding hydrogens is 288 g/mol. The summed E-state index contributed by atoms with van der Waals surface area (Å²) in [4.78, 5) is 0. The van der Waals surface area contributed by atoms with E-state index in [9.17, 15) is 5.11 Å². The minimum absolute atomic E-state index is 0.456. The van der Waals surface area contributed by atoms with Crippen LogP contribution in [0.5, 0.6) is 11.5 Å². The Morgan fingerprint density at radius 1 is 1.13 bits per heavy atom. The molecule has 0 fully saturated rings. The second-order valence-corrected chi connectivity index (χ2v) is 6.04. The molecule has 0 aromatic heterocycles. The van der Waals surface area contributed by atoms with E-state index in [2.05, 4.69) is 6.92 Å². The van der Waals surface area contributed by atoms with Gasteiger partial charge in [0.25, 0.3) is 0 Å². The number of rotatable bonds is 7. The van der Waals surface area contributed by atoms with Gasteiger partial charge in [-0.15, -0.1) is 0 Å². The molecule has 23 heavy (non-hydrogen) atoms. The largest absolute Gasteiger partial charge is 0.496 e. The predicted octanol–water partition coefficient (Wildman–Crippen LogP) is 4.16. The molecule has 0 amide bonds. The zero-order chi connectivity index (χ0) is 16.9. The molecule has 2 aromatic carbocycles. The summed E-state index contributed by atoms with van der Waals surface area (Å²) in [6.07, 6.45) is 1.11. The van der Waals surface area contributed by atoms with Gasteiger partial charge in [0.2, 0.25) is 0 Å². The van der Waals surface area contributed by atoms with Crippen LogP contribution in [-0.2, 0) is 13.0 Å². The average Bonchev–Trinajstić information content (AvgIpc) is 2.55. The van der Waals surface area contributed by atoms with Gasteiger partial charge >= 0.3 is 0 Å². The normalized spacial score (nSPS) is 13.4. The van der Waals surface area contributed by atoms with Gasteiger partial charge in [0.05, 0.1) is 12.7 Å². The van der Waals surface area contributed by atoms with E-state index in [0.29, 0.717) is 30.9 Å². The molecule has 0 aliphatic carbocycles. The van der Waals surface area contributed by atoms with Crippen LogP contribution in [0.4, 0.5) is 0 Å². The van der Waals surface area contributed by atoms with Gasteiger partial charge in [-0.05, 0) is 37.5 Å². The lowest BCUT2D eigenvalue weighted by Crippen LogP contribution is -2.26. The first-order valence-electron chi connectivity index (χ1n) is 7.88. The van der Waals surface area contributed by atoms with Crippen molar-refractivity contribution in [3.63, 3.8) is 0 Å². The van der Waals surface area contributed by atoms with Crippen molar-refractivity contribution in [3.05, 3.63) is 66.1 Å². The molecule has 0 heterocycles. The van der Waals surface area contributed by atoms with Crippen LogP contribution in [0.2, 0.25) is 0 Å². The highest BCUT2D eigenvalue weighted by Gasteiger charge is 2.24. The SMILES string of the molecule is [CH2]c1ccc(OC)c(CC(C)(O)CC)c1OCc1ccccc1. The minimum atomic E-state index is -0.814. The predicted molar refractivity (Wildman–Crippen MR) is 92.8 cm³/mol. The molecule has 123 valence electrons. The van der Waals surface area contributed by atoms with Crippen molar-refractivity contribution in [2.24, 2.45) is 0 Å². The lowest BCUT2D eigenvalue weighted by atomic mass is 9.92. The smallest absolute Gasteiger partial charge is 0.130 e. The Morgan fingerprint density at radius 3 is 2.43 bits per heavy atom. The highest BCUT2D eigenvalue weighted by atomic mass is 16.5. The van der Waals surface area contributed by atoms with E-state index in [1.165, 1.54) is 0 Å². The Labute approximate surface area is 138 Å². The summed E-state index contributed by atoms with van der Waals surface area (Å²) in [6.45, 7) is 8.30. The monoisotopic (exact) mass is 313 g/mol. The molecule has 2 aromatic rings. The molecule has 0 saturated heterocycles. The van der Waals surface area contributed by atoms with E-state index >= 15 is 0 Å². The van der Waals surface area contributed by atoms with Crippen LogP contribution in [0, 0.1) is 6.92 Å². The van der Waals surface area contributed by atoms with Gasteiger partial charge in [0, 0.05) is 12.0 Å². The second kappa shape index (κ2) is 7.51. The molecule has 0 aliphatic heterocycles. The third kappa shape index (κ3) is 4.49. The first kappa shape index (κ1) is 17.4. The van der Waals surface area contributed by atoms with Gasteiger partial charge in [-0.25, -0.2) is 0 Å². The van der Waals surface area contributed by atoms with Crippen LogP contribution in [0.3, 0.4) is 0 Å². The maximum absolute atomic E-state index is 10.5. The van der Waals surface area contributed by atoms with Crippen molar-refractivity contribution in [1.29, 1.82) is 0 Å². The van der Waals surface area contributed by atoms with E-state index in [-0.39, 0.29) is 0 Å². The number of ether oxygens (including phenoxy) is 2. The minimum Gasteiger partial charge on any atom is -0.496 e. The molecule has 0 saturated carbocycles. The number of benzene rings is 2. The Balaban J connectivity index is 2.32. The highest BCUT2D eigenvalue weighted by Crippen LogP contribution is 2.36. The lowest BCUT2D eigenvalue weighted by Gasteiger charge is -2.25. The van der Waals surface area contributed by atoms with E-state index in [1.54, 1.807) is 7.11 Å². The average molecular weight is 313 g/mol. The van der Waals surface area contributed by atoms with Crippen LogP contribution in [0.1, 0.15) is 37.0 Å². The van der Waals surface area contributed by atoms with Crippen molar-refractivity contribution in [2.45, 2.75) is 38.9 Å². The number of hydrogen-bond acceptors (Lipinski definition) is 3. The number of methoxy groups -OCH3 is 1. The van der Waals surface area contributed by atoms with Crippen LogP contribution < -0.4 is 9.47 Å². The molecular formula is C20H25O3. The third-order valence-corrected chi connectivity index (χ3v) is 4.06. The molecule has 0 aliphatic rings. The molecule has 0 bridgehead atoms. The van der Waals surface area contributed by atoms with E-state index in [0.717, 1.165) is 16.7 Å². The fraction of sp³-hybridized carbons (Fsp3) is 0.350. The number of aliphatic hydroxyl groups is 1. The maximum Gasteiger partial charge on any atom is 0.130 e. The van der Waals surface area contributed by atoms with Crippen LogP contribution >= 0.6 is 0 Å². The standard InChI is InChI=1S/C20H25O3/c1-5-20(3,21)13-17-18(22-4)12-11-15(2)19(17)23-14-16-9-7-6-8-10-16/h6-12,21H,2,5,13-14H2,1,3-4H3. The third-order valence-electron chi connectivity index (χ3n) is 4.06. The summed E-state index contributed by atoms with van der Waals surface area (Å²) in [5.41, 5.74) is 1.93. The molecule has 1 radical (unpaired) electrons. The van der Waals surface area contributed by atoms with Crippen LogP contribution in [0.25, 0.3) is 0 Å². The summed E-state index contributed by atoms with van der Waals surface area (Å²) in [7, 11) is 1.63. The number of hydrogen-bond donors (Lipinski definition) is 1. The molecule has 3 nitrogen and oxygen atoms in total. The van der Waals surface area contributed by atoms with E-state index in [4.69, 9.17) is 9.47 Å². The quantitative estimate of drug-likeness (QED) is 0.834. The van der Waals surface area contributed by atoms with Gasteiger partial charge in [-0.2, -0.15) is 0 Å². The second-order valence-electron chi connectivity index (χ2n) is 6.04. The molecule has 1 N–H and O–H groups in total. The molecule has 1 unspecified atom stereocenters. The van der Waals surface area contributed by atoms with E-state index < -0.39 is 5.60 Å². The molecule has 1 atom stereocenters. The maximum atomic E-state index is 10.5. The zero-order valence-electron chi connectivity index (χ0n) is 14.1. The van der Waals surface area contributed by atoms with Gasteiger partial charge in [0.1, 0.15) is 18.1 Å². The lowest BCUT2D eigenvalue weighted by molar-refractivity contribution is 0.0549. The molecule has 2 rings (SSSR count). The van der Waals surface area contributed by atoms with Crippen molar-refractivity contribution in [2.75, 3.05) is 7.11 Å². The zero-order valence-corrected chi connectivity index (χ0v) is 14.1. The van der Waals surface area contributed by atoms with Crippen molar-refractivity contribution in [1.82, 2.24) is 0 Å². The van der Waals surface area contributed by atoms with Crippen molar-refractivity contribution in [3.8, 4) is 11.5 Å². The summed E-state index contributed by atoms with van der Waals surface area (Å²) in [5.74, 6) is 1.41. The van der Waals surface area contributed by atoms with Gasteiger partial charge in [-0.1, -0.05) is 43.3 Å². The van der Waals surface area contributed by atoms with Crippen LogP contribution in [-0.4, -0.2) is 17.8 Å². The Kier molecular flexibility index (Phi) is 5.67. The fourth-order valence-electron chi connectivity index (χ4n) is 2.43. The topological polar surface area (TPSA) is 38.7 Å². The highest BCUT2D eigenvalue weighted by molar-refractivity contribution is 5.52. The Bertz CT molecular complexity index is 633. The fourth-order valence-corrected chi connectivity index (χ4v) is 2.43. The summed E-state index contributed by atoms with van der Waals surface area (Å²) in [5, 5.41) is 10.5. The van der Waals surface area contributed by atoms with Crippen LogP contribution in [0.15, 0.2) is 42.5 Å². The van der Waals surface area contributed by atoms with Crippen molar-refractivity contribution >= 4 is 0 Å². The van der Waals surface area contributed by atoms with Crippen molar-refractivity contribution < 1.29 is 14.6 Å². The van der Waals surface area contributed by atoms with Gasteiger partial charge in [-0.3, -0.25) is 0 Å². The summed E-state index contributed by atoms with van der Waals surface area (Å²) in [6, 6.07) is 13.7. The Morgan fingerprint density at radius 2 is 1.83 bits per heavy atom. The summed E-state index contributed by atoms with van der Waals surface area (Å²) >= 11 is 0. The van der Waals surface area contributed by atoms with E-state index in [1.807, 2.05) is 56.3 Å². The first-order valence-corrected chi connectivity index (χ1v) is 7.88. The van der Waals surface area contributed by atoms with Gasteiger partial charge < -0.3 is 14.6 Å². The first-order chi connectivity index (χ1) is 11.0. The molecule has 0 spiro atoms. The van der Waals surface area contributed by atoms with Gasteiger partial charge in [0.15, 0.2) is 0 Å².